The standard InChI is InChI=1S/C16H25N3O2.ClH/c1-4-19(5-2)16(21)11-13-6-8-14(9-7-13)18-15(20)10-12(3)17;/h6-9,12H,4-5,10-11,17H2,1-3H3,(H,18,20);1H. The summed E-state index contributed by atoms with van der Waals surface area (Å²) in [7, 11) is 0. The summed E-state index contributed by atoms with van der Waals surface area (Å²) in [5.74, 6) is 0.0192. The van der Waals surface area contributed by atoms with Gasteiger partial charge >= 0.3 is 0 Å². The summed E-state index contributed by atoms with van der Waals surface area (Å²) in [4.78, 5) is 25.4. The summed E-state index contributed by atoms with van der Waals surface area (Å²) in [5.41, 5.74) is 7.24. The summed E-state index contributed by atoms with van der Waals surface area (Å²) < 4.78 is 0. The molecule has 1 rings (SSSR count). The third-order valence-electron chi connectivity index (χ3n) is 3.22. The number of rotatable bonds is 7. The molecular formula is C16H26ClN3O2. The number of nitrogens with zero attached hydrogens (tertiary/aromatic N) is 1. The van der Waals surface area contributed by atoms with Crippen LogP contribution in [-0.4, -0.2) is 35.8 Å². The first-order valence-corrected chi connectivity index (χ1v) is 7.38. The third kappa shape index (κ3) is 6.91. The zero-order valence-electron chi connectivity index (χ0n) is 13.5. The molecule has 1 aromatic carbocycles. The van der Waals surface area contributed by atoms with E-state index in [0.29, 0.717) is 12.8 Å². The first-order chi connectivity index (χ1) is 9.96. The maximum absolute atomic E-state index is 12.0. The second kappa shape index (κ2) is 10.2. The molecule has 0 spiro atoms. The van der Waals surface area contributed by atoms with Gasteiger partial charge in [-0.1, -0.05) is 12.1 Å². The molecule has 1 atom stereocenters. The zero-order chi connectivity index (χ0) is 15.8. The maximum Gasteiger partial charge on any atom is 0.226 e. The van der Waals surface area contributed by atoms with Gasteiger partial charge in [-0.25, -0.2) is 0 Å². The van der Waals surface area contributed by atoms with Gasteiger partial charge in [-0.2, -0.15) is 0 Å². The van der Waals surface area contributed by atoms with Crippen LogP contribution in [-0.2, 0) is 16.0 Å². The predicted octanol–water partition coefficient (Wildman–Crippen LogP) is 2.20. The molecule has 2 amide bonds. The summed E-state index contributed by atoms with van der Waals surface area (Å²) >= 11 is 0. The molecule has 1 aromatic rings. The van der Waals surface area contributed by atoms with Crippen molar-refractivity contribution in [1.29, 1.82) is 0 Å². The van der Waals surface area contributed by atoms with Crippen LogP contribution in [0.15, 0.2) is 24.3 Å². The van der Waals surface area contributed by atoms with E-state index in [-0.39, 0.29) is 30.3 Å². The average Bonchev–Trinajstić information content (AvgIpc) is 2.41. The van der Waals surface area contributed by atoms with E-state index in [1.54, 1.807) is 11.8 Å². The van der Waals surface area contributed by atoms with E-state index in [1.807, 2.05) is 38.1 Å². The van der Waals surface area contributed by atoms with Crippen molar-refractivity contribution in [2.24, 2.45) is 5.73 Å². The van der Waals surface area contributed by atoms with Crippen LogP contribution in [0.1, 0.15) is 32.8 Å². The van der Waals surface area contributed by atoms with Crippen LogP contribution in [0.3, 0.4) is 0 Å². The Morgan fingerprint density at radius 1 is 1.18 bits per heavy atom. The van der Waals surface area contributed by atoms with Gasteiger partial charge in [0.05, 0.1) is 6.42 Å². The smallest absolute Gasteiger partial charge is 0.226 e. The maximum atomic E-state index is 12.0. The number of nitrogens with one attached hydrogen (secondary N) is 1. The summed E-state index contributed by atoms with van der Waals surface area (Å²) in [6, 6.07) is 7.19. The Labute approximate surface area is 138 Å². The number of likely N-dealkylation sites (N-methyl/N-ethyl adjacent to an activating group) is 1. The minimum Gasteiger partial charge on any atom is -0.343 e. The molecule has 3 N–H and O–H groups in total. The van der Waals surface area contributed by atoms with Crippen molar-refractivity contribution in [2.45, 2.75) is 39.7 Å². The molecule has 0 aromatic heterocycles. The van der Waals surface area contributed by atoms with E-state index in [1.165, 1.54) is 0 Å². The van der Waals surface area contributed by atoms with Crippen molar-refractivity contribution >= 4 is 29.9 Å². The predicted molar refractivity (Wildman–Crippen MR) is 92.2 cm³/mol. The molecule has 1 unspecified atom stereocenters. The van der Waals surface area contributed by atoms with E-state index >= 15 is 0 Å². The van der Waals surface area contributed by atoms with E-state index in [2.05, 4.69) is 5.32 Å². The molecule has 0 saturated carbocycles. The van der Waals surface area contributed by atoms with Crippen molar-refractivity contribution in [2.75, 3.05) is 18.4 Å². The van der Waals surface area contributed by atoms with E-state index in [9.17, 15) is 9.59 Å². The molecule has 0 aliphatic heterocycles. The number of hydrogen-bond donors (Lipinski definition) is 2. The SMILES string of the molecule is CCN(CC)C(=O)Cc1ccc(NC(=O)CC(C)N)cc1.Cl. The largest absolute Gasteiger partial charge is 0.343 e. The molecule has 0 aliphatic carbocycles. The topological polar surface area (TPSA) is 75.4 Å². The summed E-state index contributed by atoms with van der Waals surface area (Å²) in [6.45, 7) is 7.18. The first kappa shape index (κ1) is 20.4. The minimum absolute atomic E-state index is 0. The zero-order valence-corrected chi connectivity index (χ0v) is 14.3. The fourth-order valence-electron chi connectivity index (χ4n) is 2.07. The molecule has 5 nitrogen and oxygen atoms in total. The number of amides is 2. The molecular weight excluding hydrogens is 302 g/mol. The van der Waals surface area contributed by atoms with Crippen LogP contribution >= 0.6 is 12.4 Å². The highest BCUT2D eigenvalue weighted by Gasteiger charge is 2.10. The number of nitrogens with two attached hydrogens (primary N) is 1. The Bertz CT molecular complexity index is 471. The average molecular weight is 328 g/mol. The van der Waals surface area contributed by atoms with Gasteiger partial charge in [0.2, 0.25) is 11.8 Å². The quantitative estimate of drug-likeness (QED) is 0.806. The lowest BCUT2D eigenvalue weighted by molar-refractivity contribution is -0.130. The number of halogens is 1. The van der Waals surface area contributed by atoms with Gasteiger partial charge in [0.15, 0.2) is 0 Å². The molecule has 22 heavy (non-hydrogen) atoms. The van der Waals surface area contributed by atoms with E-state index in [0.717, 1.165) is 24.3 Å². The van der Waals surface area contributed by atoms with Gasteiger partial charge in [-0.3, -0.25) is 9.59 Å². The van der Waals surface area contributed by atoms with Crippen molar-refractivity contribution in [1.82, 2.24) is 4.90 Å². The highest BCUT2D eigenvalue weighted by Crippen LogP contribution is 2.11. The van der Waals surface area contributed by atoms with Crippen LogP contribution in [0.25, 0.3) is 0 Å². The van der Waals surface area contributed by atoms with Gasteiger partial charge in [0.1, 0.15) is 0 Å². The van der Waals surface area contributed by atoms with Crippen LogP contribution in [0.4, 0.5) is 5.69 Å². The second-order valence-electron chi connectivity index (χ2n) is 5.17. The number of carbonyl (C=O) groups excluding carboxylic acids is 2. The summed E-state index contributed by atoms with van der Waals surface area (Å²) in [5, 5.41) is 2.78. The van der Waals surface area contributed by atoms with Crippen molar-refractivity contribution in [3.8, 4) is 0 Å². The van der Waals surface area contributed by atoms with Crippen LogP contribution in [0.2, 0.25) is 0 Å². The van der Waals surface area contributed by atoms with Crippen LogP contribution in [0.5, 0.6) is 0 Å². The number of benzene rings is 1. The third-order valence-corrected chi connectivity index (χ3v) is 3.22. The van der Waals surface area contributed by atoms with Gasteiger partial charge < -0.3 is 16.0 Å². The molecule has 124 valence electrons. The lowest BCUT2D eigenvalue weighted by Gasteiger charge is -2.18. The Morgan fingerprint density at radius 3 is 2.18 bits per heavy atom. The van der Waals surface area contributed by atoms with Gasteiger partial charge in [0.25, 0.3) is 0 Å². The second-order valence-corrected chi connectivity index (χ2v) is 5.17. The monoisotopic (exact) mass is 327 g/mol. The van der Waals surface area contributed by atoms with Gasteiger partial charge in [0, 0.05) is 31.2 Å². The lowest BCUT2D eigenvalue weighted by atomic mass is 10.1. The first-order valence-electron chi connectivity index (χ1n) is 7.38. The Balaban J connectivity index is 0.00000441. The van der Waals surface area contributed by atoms with E-state index < -0.39 is 0 Å². The van der Waals surface area contributed by atoms with Gasteiger partial charge in [-0.05, 0) is 38.5 Å². The van der Waals surface area contributed by atoms with Gasteiger partial charge in [-0.15, -0.1) is 12.4 Å². The Kier molecular flexibility index (Phi) is 9.45. The van der Waals surface area contributed by atoms with Crippen LogP contribution in [0, 0.1) is 0 Å². The molecule has 0 saturated heterocycles. The molecule has 0 bridgehead atoms. The van der Waals surface area contributed by atoms with Crippen molar-refractivity contribution < 1.29 is 9.59 Å². The minimum atomic E-state index is -0.157. The molecule has 0 aliphatic rings. The van der Waals surface area contributed by atoms with Crippen molar-refractivity contribution in [3.63, 3.8) is 0 Å². The van der Waals surface area contributed by atoms with Crippen LogP contribution < -0.4 is 11.1 Å². The number of carbonyl (C=O) groups is 2. The molecule has 0 fully saturated rings. The fraction of sp³-hybridized carbons (Fsp3) is 0.500. The molecule has 6 heteroatoms. The van der Waals surface area contributed by atoms with Crippen molar-refractivity contribution in [3.05, 3.63) is 29.8 Å². The normalized spacial score (nSPS) is 11.3. The lowest BCUT2D eigenvalue weighted by Crippen LogP contribution is -2.31. The number of hydrogen-bond acceptors (Lipinski definition) is 3. The molecule has 0 radical (unpaired) electrons. The van der Waals surface area contributed by atoms with E-state index in [4.69, 9.17) is 5.73 Å². The highest BCUT2D eigenvalue weighted by atomic mass is 35.5. The fourth-order valence-corrected chi connectivity index (χ4v) is 2.07. The Morgan fingerprint density at radius 2 is 1.73 bits per heavy atom. The summed E-state index contributed by atoms with van der Waals surface area (Å²) in [6.07, 6.45) is 0.679. The molecule has 0 heterocycles. The Hall–Kier alpha value is -1.59. The number of anilines is 1. The highest BCUT2D eigenvalue weighted by molar-refractivity contribution is 5.91.